The molecule has 1 atom stereocenters. The van der Waals surface area contributed by atoms with Gasteiger partial charge in [0.15, 0.2) is 0 Å². The highest BCUT2D eigenvalue weighted by Gasteiger charge is 2.12. The van der Waals surface area contributed by atoms with Gasteiger partial charge in [-0.2, -0.15) is 0 Å². The zero-order chi connectivity index (χ0) is 14.2. The van der Waals surface area contributed by atoms with Gasteiger partial charge < -0.3 is 5.32 Å². The van der Waals surface area contributed by atoms with Gasteiger partial charge in [-0.3, -0.25) is 9.97 Å². The van der Waals surface area contributed by atoms with Crippen LogP contribution in [0.25, 0.3) is 0 Å². The summed E-state index contributed by atoms with van der Waals surface area (Å²) in [6, 6.07) is 9.05. The second-order valence-electron chi connectivity index (χ2n) is 5.16. The molecule has 0 bridgehead atoms. The Morgan fingerprint density at radius 3 is 2.60 bits per heavy atom. The molecule has 0 radical (unpaired) electrons. The van der Waals surface area contributed by atoms with Crippen molar-refractivity contribution in [1.29, 1.82) is 0 Å². The number of aryl methyl sites for hydroxylation is 2. The van der Waals surface area contributed by atoms with Gasteiger partial charge in [0.05, 0.1) is 11.7 Å². The van der Waals surface area contributed by atoms with E-state index in [-0.39, 0.29) is 6.04 Å². The molecule has 1 aromatic carbocycles. The Kier molecular flexibility index (Phi) is 5.69. The molecule has 0 amide bonds. The summed E-state index contributed by atoms with van der Waals surface area (Å²) in [6.45, 7) is 5.31. The number of rotatable bonds is 7. The topological polar surface area (TPSA) is 37.8 Å². The number of nitrogens with zero attached hydrogens (tertiary/aromatic N) is 2. The van der Waals surface area contributed by atoms with E-state index in [0.717, 1.165) is 31.5 Å². The molecule has 0 spiro atoms. The van der Waals surface area contributed by atoms with Crippen LogP contribution in [0.5, 0.6) is 0 Å². The highest BCUT2D eigenvalue weighted by atomic mass is 14.9. The van der Waals surface area contributed by atoms with Crippen molar-refractivity contribution < 1.29 is 0 Å². The Labute approximate surface area is 121 Å². The lowest BCUT2D eigenvalue weighted by Crippen LogP contribution is -2.23. The lowest BCUT2D eigenvalue weighted by atomic mass is 10.0. The largest absolute Gasteiger partial charge is 0.309 e. The summed E-state index contributed by atoms with van der Waals surface area (Å²) in [5.74, 6) is 0. The van der Waals surface area contributed by atoms with Crippen LogP contribution in [0.1, 0.15) is 42.6 Å². The standard InChI is InChI=1S/C17H23N3/c1-3-10-19-16(17-13-18-11-12-20-17)9-8-15-6-4-14(2)5-7-15/h4-7,11-13,16,19H,3,8-10H2,1-2H3. The maximum Gasteiger partial charge on any atom is 0.0756 e. The van der Waals surface area contributed by atoms with Crippen molar-refractivity contribution in [3.63, 3.8) is 0 Å². The normalized spacial score (nSPS) is 12.3. The van der Waals surface area contributed by atoms with Crippen LogP contribution in [-0.4, -0.2) is 16.5 Å². The van der Waals surface area contributed by atoms with Crippen molar-refractivity contribution in [1.82, 2.24) is 15.3 Å². The molecule has 1 heterocycles. The summed E-state index contributed by atoms with van der Waals surface area (Å²) in [4.78, 5) is 8.61. The fourth-order valence-corrected chi connectivity index (χ4v) is 2.23. The zero-order valence-electron chi connectivity index (χ0n) is 12.3. The first-order chi connectivity index (χ1) is 9.79. The van der Waals surface area contributed by atoms with Crippen LogP contribution in [0.15, 0.2) is 42.9 Å². The van der Waals surface area contributed by atoms with Gasteiger partial charge >= 0.3 is 0 Å². The number of aromatic nitrogens is 2. The van der Waals surface area contributed by atoms with E-state index in [2.05, 4.69) is 53.4 Å². The predicted molar refractivity (Wildman–Crippen MR) is 82.6 cm³/mol. The average molecular weight is 269 g/mol. The Hall–Kier alpha value is -1.74. The molecule has 3 nitrogen and oxygen atoms in total. The molecule has 1 unspecified atom stereocenters. The van der Waals surface area contributed by atoms with Gasteiger partial charge in [-0.1, -0.05) is 36.8 Å². The monoisotopic (exact) mass is 269 g/mol. The average Bonchev–Trinajstić information content (AvgIpc) is 2.50. The quantitative estimate of drug-likeness (QED) is 0.836. The van der Waals surface area contributed by atoms with Gasteiger partial charge in [0, 0.05) is 18.6 Å². The van der Waals surface area contributed by atoms with Crippen LogP contribution in [0.4, 0.5) is 0 Å². The van der Waals surface area contributed by atoms with E-state index in [9.17, 15) is 0 Å². The molecule has 0 saturated heterocycles. The van der Waals surface area contributed by atoms with Crippen LogP contribution in [0.2, 0.25) is 0 Å². The van der Waals surface area contributed by atoms with E-state index in [1.807, 2.05) is 6.20 Å². The zero-order valence-corrected chi connectivity index (χ0v) is 12.3. The van der Waals surface area contributed by atoms with Crippen molar-refractivity contribution in [2.24, 2.45) is 0 Å². The predicted octanol–water partition coefficient (Wildman–Crippen LogP) is 3.46. The molecule has 20 heavy (non-hydrogen) atoms. The molecule has 2 rings (SSSR count). The molecule has 0 aliphatic rings. The molecule has 0 fully saturated rings. The molecule has 0 aliphatic carbocycles. The molecule has 0 saturated carbocycles. The lowest BCUT2D eigenvalue weighted by molar-refractivity contribution is 0.487. The molecule has 2 aromatic rings. The van der Waals surface area contributed by atoms with E-state index in [4.69, 9.17) is 0 Å². The lowest BCUT2D eigenvalue weighted by Gasteiger charge is -2.17. The minimum absolute atomic E-state index is 0.282. The minimum Gasteiger partial charge on any atom is -0.309 e. The number of nitrogens with one attached hydrogen (secondary N) is 1. The second kappa shape index (κ2) is 7.75. The second-order valence-corrected chi connectivity index (χ2v) is 5.16. The molecule has 0 aliphatic heterocycles. The Morgan fingerprint density at radius 1 is 1.15 bits per heavy atom. The van der Waals surface area contributed by atoms with Crippen LogP contribution >= 0.6 is 0 Å². The molecule has 1 aromatic heterocycles. The summed E-state index contributed by atoms with van der Waals surface area (Å²) < 4.78 is 0. The summed E-state index contributed by atoms with van der Waals surface area (Å²) in [5, 5.41) is 3.56. The Balaban J connectivity index is 1.99. The van der Waals surface area contributed by atoms with Crippen LogP contribution in [-0.2, 0) is 6.42 Å². The Bertz CT molecular complexity index is 493. The highest BCUT2D eigenvalue weighted by Crippen LogP contribution is 2.17. The van der Waals surface area contributed by atoms with Gasteiger partial charge in [-0.15, -0.1) is 0 Å². The molecule has 3 heteroatoms. The van der Waals surface area contributed by atoms with Gasteiger partial charge in [-0.25, -0.2) is 0 Å². The van der Waals surface area contributed by atoms with Gasteiger partial charge in [0.25, 0.3) is 0 Å². The van der Waals surface area contributed by atoms with Gasteiger partial charge in [0.1, 0.15) is 0 Å². The molecular weight excluding hydrogens is 246 g/mol. The maximum atomic E-state index is 4.43. The third kappa shape index (κ3) is 4.42. The summed E-state index contributed by atoms with van der Waals surface area (Å²) in [5.41, 5.74) is 3.72. The van der Waals surface area contributed by atoms with Gasteiger partial charge in [-0.05, 0) is 38.3 Å². The van der Waals surface area contributed by atoms with Crippen molar-refractivity contribution in [3.8, 4) is 0 Å². The number of hydrogen-bond donors (Lipinski definition) is 1. The Morgan fingerprint density at radius 2 is 1.95 bits per heavy atom. The van der Waals surface area contributed by atoms with Crippen molar-refractivity contribution in [2.75, 3.05) is 6.54 Å². The summed E-state index contributed by atoms with van der Waals surface area (Å²) in [6.07, 6.45) is 8.58. The fraction of sp³-hybridized carbons (Fsp3) is 0.412. The highest BCUT2D eigenvalue weighted by molar-refractivity contribution is 5.21. The maximum absolute atomic E-state index is 4.43. The number of hydrogen-bond acceptors (Lipinski definition) is 3. The van der Waals surface area contributed by atoms with Crippen molar-refractivity contribution >= 4 is 0 Å². The van der Waals surface area contributed by atoms with Crippen LogP contribution in [0.3, 0.4) is 0 Å². The van der Waals surface area contributed by atoms with E-state index in [1.54, 1.807) is 12.4 Å². The van der Waals surface area contributed by atoms with Crippen LogP contribution < -0.4 is 5.32 Å². The first-order valence-corrected chi connectivity index (χ1v) is 7.34. The van der Waals surface area contributed by atoms with Crippen LogP contribution in [0, 0.1) is 6.92 Å². The van der Waals surface area contributed by atoms with E-state index in [0.29, 0.717) is 0 Å². The van der Waals surface area contributed by atoms with Gasteiger partial charge in [0.2, 0.25) is 0 Å². The molecule has 106 valence electrons. The molecule has 1 N–H and O–H groups in total. The first-order valence-electron chi connectivity index (χ1n) is 7.34. The summed E-state index contributed by atoms with van der Waals surface area (Å²) >= 11 is 0. The minimum atomic E-state index is 0.282. The first kappa shape index (κ1) is 14.7. The van der Waals surface area contributed by atoms with E-state index >= 15 is 0 Å². The van der Waals surface area contributed by atoms with Crippen molar-refractivity contribution in [3.05, 3.63) is 59.7 Å². The third-order valence-corrected chi connectivity index (χ3v) is 3.42. The molecular formula is C17H23N3. The van der Waals surface area contributed by atoms with Crippen molar-refractivity contribution in [2.45, 2.75) is 39.2 Å². The summed E-state index contributed by atoms with van der Waals surface area (Å²) in [7, 11) is 0. The fourth-order valence-electron chi connectivity index (χ4n) is 2.23. The SMILES string of the molecule is CCCNC(CCc1ccc(C)cc1)c1cnccn1. The van der Waals surface area contributed by atoms with E-state index < -0.39 is 0 Å². The van der Waals surface area contributed by atoms with E-state index in [1.165, 1.54) is 11.1 Å². The smallest absolute Gasteiger partial charge is 0.0756 e. The third-order valence-electron chi connectivity index (χ3n) is 3.42. The number of benzene rings is 1.